The van der Waals surface area contributed by atoms with Gasteiger partial charge in [-0.3, -0.25) is 0 Å². The van der Waals surface area contributed by atoms with Gasteiger partial charge in [0.1, 0.15) is 5.03 Å². The van der Waals surface area contributed by atoms with Crippen LogP contribution in [-0.4, -0.2) is 30.8 Å². The summed E-state index contributed by atoms with van der Waals surface area (Å²) in [5, 5.41) is 5.32. The molecule has 0 aliphatic carbocycles. The number of ether oxygens (including phenoxy) is 1. The number of halogens is 1. The average molecular weight is 397 g/mol. The van der Waals surface area contributed by atoms with E-state index in [9.17, 15) is 0 Å². The Hall–Kier alpha value is -1.85. The molecule has 138 valence electrons. The molecular formula is C22H21ClN2OS. The highest BCUT2D eigenvalue weighted by Gasteiger charge is 2.28. The van der Waals surface area contributed by atoms with Crippen LogP contribution >= 0.6 is 23.4 Å². The zero-order valence-electron chi connectivity index (χ0n) is 14.8. The van der Waals surface area contributed by atoms with Gasteiger partial charge in [0.15, 0.2) is 0 Å². The lowest BCUT2D eigenvalue weighted by atomic mass is 10.1. The number of morpholine rings is 1. The normalized spacial score (nSPS) is 18.2. The summed E-state index contributed by atoms with van der Waals surface area (Å²) in [6.45, 7) is 2.48. The van der Waals surface area contributed by atoms with Gasteiger partial charge in [-0.05, 0) is 29.3 Å². The van der Waals surface area contributed by atoms with E-state index in [0.717, 1.165) is 40.9 Å². The van der Waals surface area contributed by atoms with Crippen LogP contribution < -0.4 is 5.32 Å². The molecule has 0 saturated carbocycles. The first-order chi connectivity index (χ1) is 13.3. The summed E-state index contributed by atoms with van der Waals surface area (Å²) in [6, 6.07) is 22.5. The molecule has 5 heteroatoms. The van der Waals surface area contributed by atoms with Crippen LogP contribution in [0.3, 0.4) is 0 Å². The van der Waals surface area contributed by atoms with Gasteiger partial charge in [0.05, 0.1) is 18.0 Å². The van der Waals surface area contributed by atoms with Crippen molar-refractivity contribution in [3.05, 3.63) is 83.5 Å². The molecule has 1 N–H and O–H groups in total. The smallest absolute Gasteiger partial charge is 0.104 e. The fourth-order valence-corrected chi connectivity index (χ4v) is 4.75. The van der Waals surface area contributed by atoms with Crippen LogP contribution in [0.15, 0.2) is 78.0 Å². The van der Waals surface area contributed by atoms with Crippen molar-refractivity contribution in [3.63, 3.8) is 0 Å². The first kappa shape index (κ1) is 18.5. The largest absolute Gasteiger partial charge is 0.374 e. The van der Waals surface area contributed by atoms with E-state index >= 15 is 0 Å². The second-order valence-corrected chi connectivity index (χ2v) is 8.00. The second-order valence-electron chi connectivity index (χ2n) is 6.43. The Morgan fingerprint density at radius 2 is 1.96 bits per heavy atom. The van der Waals surface area contributed by atoms with Gasteiger partial charge >= 0.3 is 0 Å². The molecule has 0 amide bonds. The molecule has 4 rings (SSSR count). The van der Waals surface area contributed by atoms with Crippen LogP contribution in [0.5, 0.6) is 0 Å². The van der Waals surface area contributed by atoms with E-state index in [0.29, 0.717) is 0 Å². The van der Waals surface area contributed by atoms with Crippen molar-refractivity contribution in [2.45, 2.75) is 16.4 Å². The van der Waals surface area contributed by atoms with Crippen LogP contribution in [0, 0.1) is 0 Å². The molecule has 0 spiro atoms. The van der Waals surface area contributed by atoms with E-state index in [2.05, 4.69) is 46.7 Å². The number of hydrogen-bond donors (Lipinski definition) is 1. The van der Waals surface area contributed by atoms with E-state index < -0.39 is 0 Å². The number of hydrogen-bond acceptors (Lipinski definition) is 4. The van der Waals surface area contributed by atoms with E-state index in [1.54, 1.807) is 11.8 Å². The highest BCUT2D eigenvalue weighted by atomic mass is 35.5. The summed E-state index contributed by atoms with van der Waals surface area (Å²) in [7, 11) is 0. The second kappa shape index (κ2) is 8.89. The number of pyridine rings is 1. The molecule has 0 radical (unpaired) electrons. The van der Waals surface area contributed by atoms with Gasteiger partial charge in [0.25, 0.3) is 0 Å². The summed E-state index contributed by atoms with van der Waals surface area (Å²) in [5.74, 6) is 0. The van der Waals surface area contributed by atoms with Crippen molar-refractivity contribution in [2.24, 2.45) is 0 Å². The summed E-state index contributed by atoms with van der Waals surface area (Å²) in [4.78, 5) is 4.69. The Morgan fingerprint density at radius 1 is 1.07 bits per heavy atom. The molecule has 3 aromatic rings. The zero-order chi connectivity index (χ0) is 18.5. The summed E-state index contributed by atoms with van der Waals surface area (Å²) >= 11 is 7.97. The first-order valence-electron chi connectivity index (χ1n) is 9.06. The number of nitrogens with one attached hydrogen (secondary N) is 1. The number of benzene rings is 2. The van der Waals surface area contributed by atoms with Crippen molar-refractivity contribution < 1.29 is 4.74 Å². The molecule has 1 aliphatic rings. The molecule has 2 atom stereocenters. The molecular weight excluding hydrogens is 376 g/mol. The van der Waals surface area contributed by atoms with Gasteiger partial charge in [-0.1, -0.05) is 71.9 Å². The van der Waals surface area contributed by atoms with Crippen LogP contribution in [0.25, 0.3) is 11.1 Å². The first-order valence-corrected chi connectivity index (χ1v) is 10.3. The maximum Gasteiger partial charge on any atom is 0.104 e. The van der Waals surface area contributed by atoms with Crippen LogP contribution in [0.2, 0.25) is 5.02 Å². The lowest BCUT2D eigenvalue weighted by molar-refractivity contribution is 0.0273. The quantitative estimate of drug-likeness (QED) is 0.599. The van der Waals surface area contributed by atoms with Gasteiger partial charge in [-0.25, -0.2) is 4.98 Å². The maximum atomic E-state index is 6.21. The molecule has 3 nitrogen and oxygen atoms in total. The Kier molecular flexibility index (Phi) is 6.10. The van der Waals surface area contributed by atoms with Crippen molar-refractivity contribution in [3.8, 4) is 11.1 Å². The maximum absolute atomic E-state index is 6.21. The predicted molar refractivity (Wildman–Crippen MR) is 112 cm³/mol. The molecule has 1 aromatic heterocycles. The van der Waals surface area contributed by atoms with Gasteiger partial charge < -0.3 is 10.1 Å². The molecule has 0 unspecified atom stereocenters. The third kappa shape index (κ3) is 4.53. The van der Waals surface area contributed by atoms with Crippen LogP contribution in [0.4, 0.5) is 0 Å². The highest BCUT2D eigenvalue weighted by molar-refractivity contribution is 7.99. The number of thioether (sulfide) groups is 1. The summed E-state index contributed by atoms with van der Waals surface area (Å²) < 4.78 is 6.10. The van der Waals surface area contributed by atoms with Crippen molar-refractivity contribution >= 4 is 23.4 Å². The predicted octanol–water partition coefficient (Wildman–Crippen LogP) is 5.22. The third-order valence-electron chi connectivity index (χ3n) is 4.57. The summed E-state index contributed by atoms with van der Waals surface area (Å²) in [5.41, 5.74) is 3.42. The minimum atomic E-state index is 0.0976. The minimum Gasteiger partial charge on any atom is -0.374 e. The van der Waals surface area contributed by atoms with Gasteiger partial charge in [0, 0.05) is 29.9 Å². The number of nitrogens with zero attached hydrogens (tertiary/aromatic N) is 1. The van der Waals surface area contributed by atoms with Crippen LogP contribution in [-0.2, 0) is 4.74 Å². The lowest BCUT2D eigenvalue weighted by Gasteiger charge is -2.31. The lowest BCUT2D eigenvalue weighted by Crippen LogP contribution is -2.41. The zero-order valence-corrected chi connectivity index (χ0v) is 16.4. The minimum absolute atomic E-state index is 0.0976. The topological polar surface area (TPSA) is 34.2 Å². The fourth-order valence-electron chi connectivity index (χ4n) is 3.26. The molecule has 1 fully saturated rings. The Balaban J connectivity index is 1.69. The van der Waals surface area contributed by atoms with Crippen molar-refractivity contribution in [1.29, 1.82) is 0 Å². The Bertz CT molecular complexity index is 884. The highest BCUT2D eigenvalue weighted by Crippen LogP contribution is 2.42. The monoisotopic (exact) mass is 396 g/mol. The van der Waals surface area contributed by atoms with E-state index in [-0.39, 0.29) is 11.4 Å². The Morgan fingerprint density at radius 3 is 2.74 bits per heavy atom. The van der Waals surface area contributed by atoms with Crippen LogP contribution in [0.1, 0.15) is 10.8 Å². The number of rotatable bonds is 5. The van der Waals surface area contributed by atoms with Crippen molar-refractivity contribution in [2.75, 3.05) is 19.7 Å². The van der Waals surface area contributed by atoms with Crippen molar-refractivity contribution in [1.82, 2.24) is 10.3 Å². The standard InChI is InChI=1S/C22H21ClN2OS/c23-18-9-4-8-17(14-18)19-10-5-11-25-22(19)27-21(16-6-2-1-3-7-16)20-15-24-12-13-26-20/h1-11,14,20-21,24H,12-13,15H2/t20-,21-/m0/s1. The molecule has 2 heterocycles. The summed E-state index contributed by atoms with van der Waals surface area (Å²) in [6.07, 6.45) is 1.94. The molecule has 1 aliphatic heterocycles. The molecule has 27 heavy (non-hydrogen) atoms. The number of aromatic nitrogens is 1. The van der Waals surface area contributed by atoms with E-state index in [4.69, 9.17) is 16.3 Å². The Labute approximate surface area is 169 Å². The van der Waals surface area contributed by atoms with Gasteiger partial charge in [-0.2, -0.15) is 0 Å². The fraction of sp³-hybridized carbons (Fsp3) is 0.227. The van der Waals surface area contributed by atoms with Gasteiger partial charge in [-0.15, -0.1) is 0 Å². The average Bonchev–Trinajstić information content (AvgIpc) is 2.73. The van der Waals surface area contributed by atoms with E-state index in [1.807, 2.05) is 36.5 Å². The van der Waals surface area contributed by atoms with Gasteiger partial charge in [0.2, 0.25) is 0 Å². The molecule has 2 aromatic carbocycles. The van der Waals surface area contributed by atoms with E-state index in [1.165, 1.54) is 5.56 Å². The third-order valence-corrected chi connectivity index (χ3v) is 6.18. The SMILES string of the molecule is Clc1cccc(-c2cccnc2S[C@@H](c2ccccc2)[C@@H]2CNCCO2)c1. The molecule has 0 bridgehead atoms. The molecule has 1 saturated heterocycles.